The highest BCUT2D eigenvalue weighted by molar-refractivity contribution is 5.94. The van der Waals surface area contributed by atoms with E-state index >= 15 is 0 Å². The van der Waals surface area contributed by atoms with Crippen LogP contribution in [0.25, 0.3) is 0 Å². The van der Waals surface area contributed by atoms with Crippen molar-refractivity contribution in [2.45, 2.75) is 6.54 Å². The Hall–Kier alpha value is -2.97. The molecule has 0 saturated heterocycles. The summed E-state index contributed by atoms with van der Waals surface area (Å²) in [6.45, 7) is 0.160. The number of nitro benzene ring substituents is 1. The SMILES string of the molecule is NC(=O)c1ccc(NCc2ncon2)c([N+](=O)[O-])c1. The van der Waals surface area contributed by atoms with Crippen molar-refractivity contribution in [3.05, 3.63) is 46.1 Å². The molecular weight excluding hydrogens is 254 g/mol. The van der Waals surface area contributed by atoms with E-state index in [9.17, 15) is 14.9 Å². The van der Waals surface area contributed by atoms with Crippen molar-refractivity contribution < 1.29 is 14.2 Å². The summed E-state index contributed by atoms with van der Waals surface area (Å²) in [5.41, 5.74) is 5.12. The Bertz CT molecular complexity index is 610. The average Bonchev–Trinajstić information content (AvgIpc) is 2.89. The number of rotatable bonds is 5. The Morgan fingerprint density at radius 2 is 2.32 bits per heavy atom. The first kappa shape index (κ1) is 12.5. The van der Waals surface area contributed by atoms with E-state index < -0.39 is 10.8 Å². The van der Waals surface area contributed by atoms with Crippen LogP contribution in [0.4, 0.5) is 11.4 Å². The van der Waals surface area contributed by atoms with Crippen molar-refractivity contribution in [1.29, 1.82) is 0 Å². The van der Waals surface area contributed by atoms with E-state index in [1.165, 1.54) is 12.1 Å². The third-order valence-electron chi connectivity index (χ3n) is 2.32. The number of primary amides is 1. The van der Waals surface area contributed by atoms with Crippen LogP contribution in [0.2, 0.25) is 0 Å². The molecule has 9 heteroatoms. The molecule has 1 aromatic heterocycles. The molecule has 2 aromatic rings. The van der Waals surface area contributed by atoms with Gasteiger partial charge in [0.15, 0.2) is 5.82 Å². The van der Waals surface area contributed by atoms with Crippen molar-refractivity contribution in [3.63, 3.8) is 0 Å². The highest BCUT2D eigenvalue weighted by atomic mass is 16.6. The van der Waals surface area contributed by atoms with E-state index in [1.807, 2.05) is 0 Å². The van der Waals surface area contributed by atoms with Crippen LogP contribution in [0.1, 0.15) is 16.2 Å². The largest absolute Gasteiger partial charge is 0.372 e. The molecular formula is C10H9N5O4. The molecule has 1 heterocycles. The summed E-state index contributed by atoms with van der Waals surface area (Å²) in [6, 6.07) is 3.91. The molecule has 0 aliphatic carbocycles. The minimum absolute atomic E-state index is 0.0665. The molecule has 0 unspecified atom stereocenters. The van der Waals surface area contributed by atoms with E-state index in [4.69, 9.17) is 5.73 Å². The highest BCUT2D eigenvalue weighted by Crippen LogP contribution is 2.25. The monoisotopic (exact) mass is 263 g/mol. The number of carbonyl (C=O) groups excluding carboxylic acids is 1. The molecule has 19 heavy (non-hydrogen) atoms. The molecule has 0 aliphatic heterocycles. The van der Waals surface area contributed by atoms with Crippen molar-refractivity contribution >= 4 is 17.3 Å². The van der Waals surface area contributed by atoms with Crippen LogP contribution in [-0.4, -0.2) is 21.0 Å². The van der Waals surface area contributed by atoms with E-state index in [2.05, 4.69) is 20.0 Å². The first-order valence-electron chi connectivity index (χ1n) is 5.15. The summed E-state index contributed by atoms with van der Waals surface area (Å²) in [7, 11) is 0. The predicted octanol–water partition coefficient (Wildman–Crippen LogP) is 0.689. The fraction of sp³-hybridized carbons (Fsp3) is 0.100. The fourth-order valence-electron chi connectivity index (χ4n) is 1.43. The smallest absolute Gasteiger partial charge is 0.293 e. The Morgan fingerprint density at radius 3 is 2.89 bits per heavy atom. The van der Waals surface area contributed by atoms with Gasteiger partial charge in [0.2, 0.25) is 12.3 Å². The molecule has 2 rings (SSSR count). The number of nitrogens with two attached hydrogens (primary N) is 1. The molecule has 0 bridgehead atoms. The van der Waals surface area contributed by atoms with Crippen LogP contribution in [0.3, 0.4) is 0 Å². The molecule has 0 spiro atoms. The molecule has 0 saturated carbocycles. The summed E-state index contributed by atoms with van der Waals surface area (Å²) >= 11 is 0. The fourth-order valence-corrected chi connectivity index (χ4v) is 1.43. The van der Waals surface area contributed by atoms with Crippen molar-refractivity contribution in [2.24, 2.45) is 5.73 Å². The molecule has 0 aliphatic rings. The van der Waals surface area contributed by atoms with Gasteiger partial charge in [0.25, 0.3) is 5.69 Å². The molecule has 0 fully saturated rings. The lowest BCUT2D eigenvalue weighted by molar-refractivity contribution is -0.384. The van der Waals surface area contributed by atoms with Crippen LogP contribution in [-0.2, 0) is 6.54 Å². The zero-order valence-corrected chi connectivity index (χ0v) is 9.57. The Labute approximate surface area is 106 Å². The van der Waals surface area contributed by atoms with Gasteiger partial charge in [-0.1, -0.05) is 5.16 Å². The Balaban J connectivity index is 2.24. The third kappa shape index (κ3) is 2.83. The maximum Gasteiger partial charge on any atom is 0.293 e. The van der Waals surface area contributed by atoms with Gasteiger partial charge < -0.3 is 15.6 Å². The van der Waals surface area contributed by atoms with Crippen LogP contribution in [0.5, 0.6) is 0 Å². The number of benzene rings is 1. The number of nitro groups is 1. The van der Waals surface area contributed by atoms with Crippen LogP contribution in [0.15, 0.2) is 29.1 Å². The van der Waals surface area contributed by atoms with Gasteiger partial charge in [0.05, 0.1) is 11.5 Å². The molecule has 0 atom stereocenters. The lowest BCUT2D eigenvalue weighted by atomic mass is 10.1. The highest BCUT2D eigenvalue weighted by Gasteiger charge is 2.16. The summed E-state index contributed by atoms with van der Waals surface area (Å²) in [5, 5.41) is 17.3. The molecule has 98 valence electrons. The quantitative estimate of drug-likeness (QED) is 0.597. The van der Waals surface area contributed by atoms with Gasteiger partial charge in [-0.15, -0.1) is 0 Å². The molecule has 9 nitrogen and oxygen atoms in total. The molecule has 0 radical (unpaired) electrons. The number of hydrogen-bond acceptors (Lipinski definition) is 7. The van der Waals surface area contributed by atoms with E-state index in [0.29, 0.717) is 5.82 Å². The maximum atomic E-state index is 11.0. The minimum Gasteiger partial charge on any atom is -0.372 e. The lowest BCUT2D eigenvalue weighted by Crippen LogP contribution is -2.12. The first-order valence-corrected chi connectivity index (χ1v) is 5.15. The maximum absolute atomic E-state index is 11.0. The van der Waals surface area contributed by atoms with Gasteiger partial charge in [0.1, 0.15) is 5.69 Å². The lowest BCUT2D eigenvalue weighted by Gasteiger charge is -2.05. The van der Waals surface area contributed by atoms with Gasteiger partial charge in [-0.3, -0.25) is 14.9 Å². The number of carbonyl (C=O) groups is 1. The van der Waals surface area contributed by atoms with Crippen LogP contribution in [0, 0.1) is 10.1 Å². The normalized spacial score (nSPS) is 10.1. The predicted molar refractivity (Wildman–Crippen MR) is 63.2 cm³/mol. The van der Waals surface area contributed by atoms with Crippen molar-refractivity contribution in [1.82, 2.24) is 10.1 Å². The van der Waals surface area contributed by atoms with Crippen LogP contribution >= 0.6 is 0 Å². The Morgan fingerprint density at radius 1 is 1.53 bits per heavy atom. The third-order valence-corrected chi connectivity index (χ3v) is 2.32. The zero-order valence-electron chi connectivity index (χ0n) is 9.57. The second-order valence-electron chi connectivity index (χ2n) is 3.55. The second-order valence-corrected chi connectivity index (χ2v) is 3.55. The number of hydrogen-bond donors (Lipinski definition) is 2. The number of nitrogens with zero attached hydrogens (tertiary/aromatic N) is 3. The van der Waals surface area contributed by atoms with Crippen molar-refractivity contribution in [3.8, 4) is 0 Å². The van der Waals surface area contributed by atoms with Gasteiger partial charge in [0, 0.05) is 11.6 Å². The Kier molecular flexibility index (Phi) is 3.37. The number of anilines is 1. The van der Waals surface area contributed by atoms with E-state index in [-0.39, 0.29) is 23.5 Å². The van der Waals surface area contributed by atoms with Crippen LogP contribution < -0.4 is 11.1 Å². The molecule has 1 aromatic carbocycles. The second kappa shape index (κ2) is 5.12. The van der Waals surface area contributed by atoms with Gasteiger partial charge >= 0.3 is 0 Å². The summed E-state index contributed by atoms with van der Waals surface area (Å²) < 4.78 is 4.54. The van der Waals surface area contributed by atoms with E-state index in [1.54, 1.807) is 0 Å². The van der Waals surface area contributed by atoms with Gasteiger partial charge in [-0.05, 0) is 12.1 Å². The standard InChI is InChI=1S/C10H9N5O4/c11-10(16)6-1-2-7(8(3-6)15(17)18)12-4-9-13-5-19-14-9/h1-3,5,12H,4H2,(H2,11,16). The number of aromatic nitrogens is 2. The summed E-state index contributed by atoms with van der Waals surface area (Å²) in [6.07, 6.45) is 1.15. The van der Waals surface area contributed by atoms with Gasteiger partial charge in [-0.2, -0.15) is 4.98 Å². The molecule has 3 N–H and O–H groups in total. The summed E-state index contributed by atoms with van der Waals surface area (Å²) in [4.78, 5) is 25.1. The van der Waals surface area contributed by atoms with E-state index in [0.717, 1.165) is 12.5 Å². The molecule has 1 amide bonds. The average molecular weight is 263 g/mol. The van der Waals surface area contributed by atoms with Crippen molar-refractivity contribution in [2.75, 3.05) is 5.32 Å². The van der Waals surface area contributed by atoms with Gasteiger partial charge in [-0.25, -0.2) is 0 Å². The summed E-state index contributed by atoms with van der Waals surface area (Å²) in [5.74, 6) is -0.374. The topological polar surface area (TPSA) is 137 Å². The number of nitrogens with one attached hydrogen (secondary N) is 1. The minimum atomic E-state index is -0.729. The zero-order chi connectivity index (χ0) is 13.8. The first-order chi connectivity index (χ1) is 9.08. The number of amides is 1.